The number of halogens is 2. The van der Waals surface area contributed by atoms with Crippen molar-refractivity contribution in [2.24, 2.45) is 0 Å². The molecule has 0 bridgehead atoms. The second-order valence-electron chi connectivity index (χ2n) is 2.70. The smallest absolute Gasteiger partial charge is 0.191 e. The number of carbonyl (C=O) groups is 1. The molecule has 0 fully saturated rings. The summed E-state index contributed by atoms with van der Waals surface area (Å²) >= 11 is 11.4. The second-order valence-corrected chi connectivity index (χ2v) is 3.57. The lowest BCUT2D eigenvalue weighted by Gasteiger charge is -2.04. The van der Waals surface area contributed by atoms with Gasteiger partial charge in [0.05, 0.1) is 0 Å². The van der Waals surface area contributed by atoms with E-state index in [1.807, 2.05) is 0 Å². The number of hydrogen-bond donors (Lipinski definition) is 1. The van der Waals surface area contributed by atoms with Gasteiger partial charge in [-0.15, -0.1) is 0 Å². The van der Waals surface area contributed by atoms with Gasteiger partial charge in [-0.2, -0.15) is 0 Å². The first-order valence-corrected chi connectivity index (χ1v) is 4.44. The minimum Gasteiger partial charge on any atom is -0.385 e. The number of hydrogen-bond acceptors (Lipinski definition) is 2. The zero-order valence-corrected chi connectivity index (χ0v) is 8.43. The van der Waals surface area contributed by atoms with E-state index >= 15 is 0 Å². The summed E-state index contributed by atoms with van der Waals surface area (Å²) < 4.78 is 0. The van der Waals surface area contributed by atoms with E-state index in [0.717, 1.165) is 0 Å². The largest absolute Gasteiger partial charge is 0.385 e. The van der Waals surface area contributed by atoms with Crippen LogP contribution in [-0.4, -0.2) is 17.0 Å². The quantitative estimate of drug-likeness (QED) is 0.776. The highest BCUT2D eigenvalue weighted by molar-refractivity contribution is 6.35. The highest BCUT2D eigenvalue weighted by Crippen LogP contribution is 2.19. The van der Waals surface area contributed by atoms with Crippen LogP contribution in [0.4, 0.5) is 0 Å². The number of ketones is 1. The zero-order chi connectivity index (χ0) is 10.0. The van der Waals surface area contributed by atoms with Crippen LogP contribution in [0.3, 0.4) is 0 Å². The summed E-state index contributed by atoms with van der Waals surface area (Å²) in [5.74, 6) is -0.385. The third-order valence-corrected chi connectivity index (χ3v) is 1.96. The molecule has 0 saturated carbocycles. The fraction of sp³-hybridized carbons (Fsp3) is 0.222. The Labute approximate surface area is 86.1 Å². The summed E-state index contributed by atoms with van der Waals surface area (Å²) in [6.45, 7) is 1.40. The van der Waals surface area contributed by atoms with Gasteiger partial charge in [-0.05, 0) is 25.1 Å². The van der Waals surface area contributed by atoms with Crippen LogP contribution < -0.4 is 0 Å². The topological polar surface area (TPSA) is 37.3 Å². The average Bonchev–Trinajstić information content (AvgIpc) is 2.01. The molecule has 0 radical (unpaired) electrons. The molecule has 0 amide bonds. The Morgan fingerprint density at radius 1 is 1.31 bits per heavy atom. The summed E-state index contributed by atoms with van der Waals surface area (Å²) in [5, 5.41) is 9.79. The molecule has 1 rings (SSSR count). The van der Waals surface area contributed by atoms with Crippen LogP contribution in [0, 0.1) is 0 Å². The van der Waals surface area contributed by atoms with Crippen molar-refractivity contribution < 1.29 is 9.90 Å². The number of rotatable bonds is 2. The molecule has 1 aromatic carbocycles. The summed E-state index contributed by atoms with van der Waals surface area (Å²) in [6.07, 6.45) is -1.03. The molecular formula is C9H8Cl2O2. The molecule has 0 aliphatic carbocycles. The molecule has 0 unspecified atom stereocenters. The SMILES string of the molecule is C[C@@H](O)C(=O)c1cc(Cl)cc(Cl)c1. The molecule has 1 aromatic rings. The van der Waals surface area contributed by atoms with E-state index in [4.69, 9.17) is 28.3 Å². The minimum atomic E-state index is -1.03. The molecule has 2 nitrogen and oxygen atoms in total. The summed E-state index contributed by atoms with van der Waals surface area (Å²) in [4.78, 5) is 11.3. The Kier molecular flexibility index (Phi) is 3.31. The van der Waals surface area contributed by atoms with Crippen LogP contribution in [0.1, 0.15) is 17.3 Å². The van der Waals surface area contributed by atoms with Crippen molar-refractivity contribution in [1.82, 2.24) is 0 Å². The highest BCUT2D eigenvalue weighted by Gasteiger charge is 2.12. The molecule has 0 aliphatic heterocycles. The van der Waals surface area contributed by atoms with Crippen molar-refractivity contribution in [3.05, 3.63) is 33.8 Å². The molecule has 0 saturated heterocycles. The molecule has 0 spiro atoms. The molecule has 0 aromatic heterocycles. The molecule has 13 heavy (non-hydrogen) atoms. The Bertz CT molecular complexity index is 314. The number of aliphatic hydroxyl groups is 1. The molecule has 1 N–H and O–H groups in total. The molecular weight excluding hydrogens is 211 g/mol. The van der Waals surface area contributed by atoms with Crippen LogP contribution >= 0.6 is 23.2 Å². The van der Waals surface area contributed by atoms with E-state index in [1.54, 1.807) is 0 Å². The first-order chi connectivity index (χ1) is 6.00. The Balaban J connectivity index is 3.08. The van der Waals surface area contributed by atoms with Gasteiger partial charge in [0.1, 0.15) is 6.10 Å². The molecule has 1 atom stereocenters. The normalized spacial score (nSPS) is 12.6. The average molecular weight is 219 g/mol. The summed E-state index contributed by atoms with van der Waals surface area (Å²) in [5.41, 5.74) is 0.326. The van der Waals surface area contributed by atoms with E-state index in [0.29, 0.717) is 15.6 Å². The monoisotopic (exact) mass is 218 g/mol. The van der Waals surface area contributed by atoms with E-state index in [1.165, 1.54) is 25.1 Å². The first-order valence-electron chi connectivity index (χ1n) is 3.69. The summed E-state index contributed by atoms with van der Waals surface area (Å²) in [6, 6.07) is 4.48. The fourth-order valence-electron chi connectivity index (χ4n) is 0.937. The van der Waals surface area contributed by atoms with E-state index < -0.39 is 6.10 Å². The van der Waals surface area contributed by atoms with Gasteiger partial charge in [-0.3, -0.25) is 4.79 Å². The van der Waals surface area contributed by atoms with Crippen molar-refractivity contribution in [2.45, 2.75) is 13.0 Å². The third kappa shape index (κ3) is 2.69. The minimum absolute atomic E-state index is 0.326. The van der Waals surface area contributed by atoms with Crippen LogP contribution in [0.15, 0.2) is 18.2 Å². The van der Waals surface area contributed by atoms with Crippen LogP contribution in [0.5, 0.6) is 0 Å². The van der Waals surface area contributed by atoms with Gasteiger partial charge in [-0.25, -0.2) is 0 Å². The lowest BCUT2D eigenvalue weighted by molar-refractivity contribution is 0.0779. The molecule has 0 aliphatic rings. The summed E-state index contributed by atoms with van der Waals surface area (Å²) in [7, 11) is 0. The lowest BCUT2D eigenvalue weighted by atomic mass is 10.1. The Morgan fingerprint density at radius 3 is 2.15 bits per heavy atom. The third-order valence-electron chi connectivity index (χ3n) is 1.53. The van der Waals surface area contributed by atoms with Crippen LogP contribution in [0.2, 0.25) is 10.0 Å². The standard InChI is InChI=1S/C9H8Cl2O2/c1-5(12)9(13)6-2-7(10)4-8(11)3-6/h2-5,12H,1H3/t5-/m1/s1. The van der Waals surface area contributed by atoms with E-state index in [-0.39, 0.29) is 5.78 Å². The number of benzene rings is 1. The second kappa shape index (κ2) is 4.09. The van der Waals surface area contributed by atoms with Crippen molar-refractivity contribution in [2.75, 3.05) is 0 Å². The van der Waals surface area contributed by atoms with Gasteiger partial charge in [0.15, 0.2) is 5.78 Å². The Hall–Kier alpha value is -0.570. The molecule has 0 heterocycles. The predicted octanol–water partition coefficient (Wildman–Crippen LogP) is 2.56. The van der Waals surface area contributed by atoms with Crippen molar-refractivity contribution in [1.29, 1.82) is 0 Å². The van der Waals surface area contributed by atoms with Gasteiger partial charge in [0, 0.05) is 15.6 Å². The van der Waals surface area contributed by atoms with Gasteiger partial charge in [0.2, 0.25) is 0 Å². The van der Waals surface area contributed by atoms with Gasteiger partial charge in [0.25, 0.3) is 0 Å². The highest BCUT2D eigenvalue weighted by atomic mass is 35.5. The molecule has 4 heteroatoms. The maximum atomic E-state index is 11.3. The van der Waals surface area contributed by atoms with Crippen molar-refractivity contribution in [3.63, 3.8) is 0 Å². The first kappa shape index (κ1) is 10.5. The number of aliphatic hydroxyl groups excluding tert-OH is 1. The van der Waals surface area contributed by atoms with E-state index in [2.05, 4.69) is 0 Å². The van der Waals surface area contributed by atoms with Gasteiger partial charge >= 0.3 is 0 Å². The van der Waals surface area contributed by atoms with Gasteiger partial charge in [-0.1, -0.05) is 23.2 Å². The lowest BCUT2D eigenvalue weighted by Crippen LogP contribution is -2.15. The fourth-order valence-corrected chi connectivity index (χ4v) is 1.46. The van der Waals surface area contributed by atoms with Crippen molar-refractivity contribution >= 4 is 29.0 Å². The van der Waals surface area contributed by atoms with E-state index in [9.17, 15) is 4.79 Å². The van der Waals surface area contributed by atoms with Crippen LogP contribution in [-0.2, 0) is 0 Å². The van der Waals surface area contributed by atoms with Crippen LogP contribution in [0.25, 0.3) is 0 Å². The zero-order valence-electron chi connectivity index (χ0n) is 6.92. The van der Waals surface area contributed by atoms with Gasteiger partial charge < -0.3 is 5.11 Å². The molecule has 70 valence electrons. The number of carbonyl (C=O) groups excluding carboxylic acids is 1. The predicted molar refractivity (Wildman–Crippen MR) is 52.5 cm³/mol. The maximum absolute atomic E-state index is 11.3. The Morgan fingerprint density at radius 2 is 1.77 bits per heavy atom. The maximum Gasteiger partial charge on any atom is 0.191 e. The van der Waals surface area contributed by atoms with Crippen molar-refractivity contribution in [3.8, 4) is 0 Å². The number of Topliss-reactive ketones (excluding diaryl/α,β-unsaturated/α-hetero) is 1.